The molecule has 1 rings (SSSR count). The molecule has 1 aromatic heterocycles. The van der Waals surface area contributed by atoms with Crippen molar-refractivity contribution in [1.82, 2.24) is 4.98 Å². The van der Waals surface area contributed by atoms with Crippen LogP contribution in [0.1, 0.15) is 38.9 Å². The first-order valence-corrected chi connectivity index (χ1v) is 5.82. The maximum atomic E-state index is 9.54. The minimum absolute atomic E-state index is 0.435. The second-order valence-electron chi connectivity index (χ2n) is 3.41. The van der Waals surface area contributed by atoms with Crippen LogP contribution in [0.15, 0.2) is 23.4 Å². The van der Waals surface area contributed by atoms with E-state index >= 15 is 0 Å². The quantitative estimate of drug-likeness (QED) is 0.777. The molecule has 2 unspecified atom stereocenters. The van der Waals surface area contributed by atoms with Gasteiger partial charge in [-0.2, -0.15) is 0 Å². The number of nitrogens with zero attached hydrogens (tertiary/aromatic N) is 1. The molecule has 0 bridgehead atoms. The Labute approximate surface area is 89.8 Å². The fourth-order valence-corrected chi connectivity index (χ4v) is 2.14. The molecule has 2 nitrogen and oxygen atoms in total. The Kier molecular flexibility index (Phi) is 4.42. The van der Waals surface area contributed by atoms with Gasteiger partial charge in [-0.3, -0.25) is 0 Å². The van der Waals surface area contributed by atoms with Gasteiger partial charge in [0.15, 0.2) is 0 Å². The van der Waals surface area contributed by atoms with Gasteiger partial charge in [-0.1, -0.05) is 19.9 Å². The molecule has 3 heteroatoms. The molecule has 0 amide bonds. The number of rotatable bonds is 4. The Hall–Kier alpha value is -0.540. The zero-order valence-electron chi connectivity index (χ0n) is 8.90. The van der Waals surface area contributed by atoms with E-state index in [1.54, 1.807) is 24.9 Å². The second-order valence-corrected chi connectivity index (χ2v) is 4.84. The van der Waals surface area contributed by atoms with Crippen LogP contribution in [0.2, 0.25) is 0 Å². The van der Waals surface area contributed by atoms with Gasteiger partial charge in [0.1, 0.15) is 5.03 Å². The molecule has 1 heterocycles. The third-order valence-corrected chi connectivity index (χ3v) is 3.44. The third kappa shape index (κ3) is 3.00. The van der Waals surface area contributed by atoms with Gasteiger partial charge < -0.3 is 5.11 Å². The van der Waals surface area contributed by atoms with E-state index < -0.39 is 6.10 Å². The molecule has 1 aromatic rings. The number of hydrogen-bond acceptors (Lipinski definition) is 3. The van der Waals surface area contributed by atoms with Gasteiger partial charge >= 0.3 is 0 Å². The summed E-state index contributed by atoms with van der Waals surface area (Å²) in [5.74, 6) is 0. The summed E-state index contributed by atoms with van der Waals surface area (Å²) in [4.78, 5) is 4.29. The zero-order chi connectivity index (χ0) is 10.6. The lowest BCUT2D eigenvalue weighted by molar-refractivity contribution is 0.195. The minimum Gasteiger partial charge on any atom is -0.389 e. The first kappa shape index (κ1) is 11.5. The molecule has 0 saturated carbocycles. The van der Waals surface area contributed by atoms with Crippen molar-refractivity contribution in [3.05, 3.63) is 23.9 Å². The van der Waals surface area contributed by atoms with Gasteiger partial charge in [0.25, 0.3) is 0 Å². The van der Waals surface area contributed by atoms with Gasteiger partial charge in [0.05, 0.1) is 6.10 Å². The predicted molar refractivity (Wildman–Crippen MR) is 60.5 cm³/mol. The molecule has 0 aliphatic carbocycles. The van der Waals surface area contributed by atoms with Gasteiger partial charge in [-0.15, -0.1) is 11.8 Å². The van der Waals surface area contributed by atoms with Crippen LogP contribution in [0.25, 0.3) is 0 Å². The van der Waals surface area contributed by atoms with E-state index in [1.807, 2.05) is 12.1 Å². The summed E-state index contributed by atoms with van der Waals surface area (Å²) < 4.78 is 0. The first-order chi connectivity index (χ1) is 6.65. The molecule has 0 aliphatic rings. The first-order valence-electron chi connectivity index (χ1n) is 4.94. The van der Waals surface area contributed by atoms with Crippen molar-refractivity contribution in [2.24, 2.45) is 0 Å². The monoisotopic (exact) mass is 211 g/mol. The molecule has 0 radical (unpaired) electrons. The zero-order valence-corrected chi connectivity index (χ0v) is 9.71. The highest BCUT2D eigenvalue weighted by Crippen LogP contribution is 2.29. The van der Waals surface area contributed by atoms with Gasteiger partial charge in [0.2, 0.25) is 0 Å². The summed E-state index contributed by atoms with van der Waals surface area (Å²) in [5, 5.41) is 11.0. The van der Waals surface area contributed by atoms with Crippen molar-refractivity contribution in [1.29, 1.82) is 0 Å². The maximum absolute atomic E-state index is 9.54. The molecular formula is C11H17NOS. The van der Waals surface area contributed by atoms with Crippen LogP contribution in [-0.2, 0) is 0 Å². The summed E-state index contributed by atoms with van der Waals surface area (Å²) >= 11 is 1.73. The SMILES string of the molecule is CCC(C)Sc1ncccc1C(C)O. The van der Waals surface area contributed by atoms with Gasteiger partial charge in [-0.25, -0.2) is 4.98 Å². The van der Waals surface area contributed by atoms with Crippen molar-refractivity contribution in [2.75, 3.05) is 0 Å². The molecule has 78 valence electrons. The summed E-state index contributed by atoms with van der Waals surface area (Å²) in [6.07, 6.45) is 2.45. The smallest absolute Gasteiger partial charge is 0.102 e. The number of pyridine rings is 1. The molecule has 0 saturated heterocycles. The van der Waals surface area contributed by atoms with E-state index in [0.29, 0.717) is 5.25 Å². The topological polar surface area (TPSA) is 33.1 Å². The average Bonchev–Trinajstić information content (AvgIpc) is 2.18. The molecule has 2 atom stereocenters. The lowest BCUT2D eigenvalue weighted by Crippen LogP contribution is -2.00. The van der Waals surface area contributed by atoms with Crippen LogP contribution in [0.4, 0.5) is 0 Å². The predicted octanol–water partition coefficient (Wildman–Crippen LogP) is 3.03. The van der Waals surface area contributed by atoms with Gasteiger partial charge in [0, 0.05) is 17.0 Å². The standard InChI is InChI=1S/C11H17NOS/c1-4-8(2)14-11-10(9(3)13)6-5-7-12-11/h5-9,13H,4H2,1-3H3. The van der Waals surface area contributed by atoms with E-state index in [2.05, 4.69) is 18.8 Å². The van der Waals surface area contributed by atoms with Gasteiger partial charge in [-0.05, 0) is 19.4 Å². The Bertz CT molecular complexity index is 288. The molecule has 0 fully saturated rings. The highest BCUT2D eigenvalue weighted by molar-refractivity contribution is 7.99. The average molecular weight is 211 g/mol. The second kappa shape index (κ2) is 5.37. The van der Waals surface area contributed by atoms with Crippen molar-refractivity contribution < 1.29 is 5.11 Å². The van der Waals surface area contributed by atoms with Crippen molar-refractivity contribution in [3.8, 4) is 0 Å². The van der Waals surface area contributed by atoms with Crippen LogP contribution in [0.5, 0.6) is 0 Å². The number of aromatic nitrogens is 1. The number of aliphatic hydroxyl groups is 1. The highest BCUT2D eigenvalue weighted by atomic mass is 32.2. The molecular weight excluding hydrogens is 194 g/mol. The van der Waals surface area contributed by atoms with E-state index in [4.69, 9.17) is 0 Å². The van der Waals surface area contributed by atoms with Crippen LogP contribution in [-0.4, -0.2) is 15.3 Å². The van der Waals surface area contributed by atoms with Crippen LogP contribution in [0.3, 0.4) is 0 Å². The Morgan fingerprint density at radius 1 is 1.50 bits per heavy atom. The molecule has 0 aliphatic heterocycles. The lowest BCUT2D eigenvalue weighted by atomic mass is 10.2. The third-order valence-electron chi connectivity index (χ3n) is 2.14. The van der Waals surface area contributed by atoms with E-state index in [9.17, 15) is 5.11 Å². The number of thioether (sulfide) groups is 1. The number of hydrogen-bond donors (Lipinski definition) is 1. The van der Waals surface area contributed by atoms with Crippen molar-refractivity contribution in [2.45, 2.75) is 43.6 Å². The Morgan fingerprint density at radius 2 is 2.21 bits per heavy atom. The van der Waals surface area contributed by atoms with E-state index in [-0.39, 0.29) is 0 Å². The lowest BCUT2D eigenvalue weighted by Gasteiger charge is -2.13. The number of aliphatic hydroxyl groups excluding tert-OH is 1. The van der Waals surface area contributed by atoms with E-state index in [1.165, 1.54) is 0 Å². The maximum Gasteiger partial charge on any atom is 0.102 e. The molecule has 0 spiro atoms. The normalized spacial score (nSPS) is 15.1. The summed E-state index contributed by atoms with van der Waals surface area (Å²) in [6.45, 7) is 6.10. The van der Waals surface area contributed by atoms with Crippen LogP contribution in [0, 0.1) is 0 Å². The summed E-state index contributed by atoms with van der Waals surface area (Å²) in [7, 11) is 0. The highest BCUT2D eigenvalue weighted by Gasteiger charge is 2.11. The van der Waals surface area contributed by atoms with Crippen molar-refractivity contribution >= 4 is 11.8 Å². The van der Waals surface area contributed by atoms with E-state index in [0.717, 1.165) is 17.0 Å². The molecule has 0 aromatic carbocycles. The van der Waals surface area contributed by atoms with Crippen molar-refractivity contribution in [3.63, 3.8) is 0 Å². The minimum atomic E-state index is -0.435. The largest absolute Gasteiger partial charge is 0.389 e. The Morgan fingerprint density at radius 3 is 2.79 bits per heavy atom. The summed E-state index contributed by atoms with van der Waals surface area (Å²) in [5.41, 5.74) is 0.929. The molecule has 1 N–H and O–H groups in total. The fraction of sp³-hybridized carbons (Fsp3) is 0.545. The van der Waals surface area contributed by atoms with Crippen LogP contribution >= 0.6 is 11.8 Å². The summed E-state index contributed by atoms with van der Waals surface area (Å²) in [6, 6.07) is 3.80. The Balaban J connectivity index is 2.84. The molecule has 14 heavy (non-hydrogen) atoms. The van der Waals surface area contributed by atoms with Crippen LogP contribution < -0.4 is 0 Å². The fourth-order valence-electron chi connectivity index (χ4n) is 1.09.